The lowest BCUT2D eigenvalue weighted by Crippen LogP contribution is -2.42. The number of amides is 1. The summed E-state index contributed by atoms with van der Waals surface area (Å²) < 4.78 is 0. The van der Waals surface area contributed by atoms with Gasteiger partial charge in [-0.2, -0.15) is 0 Å². The SMILES string of the molecule is Cc1ccc(C)c(NC(=O)[C@@H](c2ccccc2)N2CCC[C@H](C)C2)c1. The Morgan fingerprint density at radius 1 is 1.16 bits per heavy atom. The molecule has 2 aromatic rings. The number of anilines is 1. The van der Waals surface area contributed by atoms with E-state index in [0.29, 0.717) is 5.92 Å². The number of carbonyl (C=O) groups is 1. The van der Waals surface area contributed by atoms with Gasteiger partial charge in [-0.05, 0) is 61.9 Å². The highest BCUT2D eigenvalue weighted by molar-refractivity contribution is 5.96. The van der Waals surface area contributed by atoms with E-state index in [1.165, 1.54) is 6.42 Å². The van der Waals surface area contributed by atoms with Crippen LogP contribution in [-0.2, 0) is 4.79 Å². The molecule has 1 fully saturated rings. The van der Waals surface area contributed by atoms with Gasteiger partial charge in [-0.3, -0.25) is 9.69 Å². The number of rotatable bonds is 4. The van der Waals surface area contributed by atoms with E-state index >= 15 is 0 Å². The molecule has 0 saturated carbocycles. The topological polar surface area (TPSA) is 32.3 Å². The number of likely N-dealkylation sites (tertiary alicyclic amines) is 1. The number of nitrogens with one attached hydrogen (secondary N) is 1. The van der Waals surface area contributed by atoms with Crippen molar-refractivity contribution in [3.8, 4) is 0 Å². The Morgan fingerprint density at radius 3 is 2.64 bits per heavy atom. The maximum Gasteiger partial charge on any atom is 0.246 e. The highest BCUT2D eigenvalue weighted by atomic mass is 16.2. The van der Waals surface area contributed by atoms with E-state index < -0.39 is 0 Å². The Hall–Kier alpha value is -2.13. The van der Waals surface area contributed by atoms with Crippen LogP contribution < -0.4 is 5.32 Å². The van der Waals surface area contributed by atoms with Crippen molar-refractivity contribution in [1.82, 2.24) is 4.90 Å². The predicted octanol–water partition coefficient (Wildman–Crippen LogP) is 4.72. The number of benzene rings is 2. The molecular formula is C22H28N2O. The first kappa shape index (κ1) is 17.7. The molecule has 0 aromatic heterocycles. The van der Waals surface area contributed by atoms with Gasteiger partial charge in [0.25, 0.3) is 0 Å². The van der Waals surface area contributed by atoms with Crippen molar-refractivity contribution in [2.75, 3.05) is 18.4 Å². The number of piperidine rings is 1. The van der Waals surface area contributed by atoms with Crippen molar-refractivity contribution in [2.45, 2.75) is 39.7 Å². The summed E-state index contributed by atoms with van der Waals surface area (Å²) in [5.74, 6) is 0.697. The van der Waals surface area contributed by atoms with Crippen LogP contribution in [0.1, 0.15) is 42.5 Å². The lowest BCUT2D eigenvalue weighted by molar-refractivity contribution is -0.122. The van der Waals surface area contributed by atoms with Gasteiger partial charge in [0, 0.05) is 12.2 Å². The monoisotopic (exact) mass is 336 g/mol. The average Bonchev–Trinajstić information content (AvgIpc) is 2.59. The first-order valence-electron chi connectivity index (χ1n) is 9.21. The number of aryl methyl sites for hydroxylation is 2. The van der Waals surface area contributed by atoms with Crippen LogP contribution in [0.5, 0.6) is 0 Å². The van der Waals surface area contributed by atoms with Crippen LogP contribution >= 0.6 is 0 Å². The third-order valence-electron chi connectivity index (χ3n) is 5.07. The van der Waals surface area contributed by atoms with E-state index in [0.717, 1.165) is 41.9 Å². The summed E-state index contributed by atoms with van der Waals surface area (Å²) in [6.07, 6.45) is 2.40. The fourth-order valence-electron chi connectivity index (χ4n) is 3.70. The van der Waals surface area contributed by atoms with Gasteiger partial charge in [0.05, 0.1) is 0 Å². The minimum Gasteiger partial charge on any atom is -0.324 e. The van der Waals surface area contributed by atoms with Crippen molar-refractivity contribution < 1.29 is 4.79 Å². The van der Waals surface area contributed by atoms with Gasteiger partial charge in [-0.25, -0.2) is 0 Å². The van der Waals surface area contributed by atoms with Gasteiger partial charge in [0.1, 0.15) is 6.04 Å². The smallest absolute Gasteiger partial charge is 0.246 e. The summed E-state index contributed by atoms with van der Waals surface area (Å²) in [4.78, 5) is 15.6. The average molecular weight is 336 g/mol. The van der Waals surface area contributed by atoms with Crippen LogP contribution in [0.3, 0.4) is 0 Å². The Labute approximate surface area is 151 Å². The standard InChI is InChI=1S/C22H28N2O/c1-16-11-12-18(3)20(14-16)23-22(25)21(19-9-5-4-6-10-19)24-13-7-8-17(2)15-24/h4-6,9-12,14,17,21H,7-8,13,15H2,1-3H3,(H,23,25)/t17-,21+/m0/s1. The molecule has 2 atom stereocenters. The fourth-order valence-corrected chi connectivity index (χ4v) is 3.70. The molecule has 1 aliphatic heterocycles. The maximum absolute atomic E-state index is 13.2. The van der Waals surface area contributed by atoms with Gasteiger partial charge in [-0.15, -0.1) is 0 Å². The number of nitrogens with zero attached hydrogens (tertiary/aromatic N) is 1. The second-order valence-corrected chi connectivity index (χ2v) is 7.36. The number of hydrogen-bond acceptors (Lipinski definition) is 2. The summed E-state index contributed by atoms with van der Waals surface area (Å²) in [6.45, 7) is 8.31. The van der Waals surface area contributed by atoms with E-state index in [-0.39, 0.29) is 11.9 Å². The summed E-state index contributed by atoms with van der Waals surface area (Å²) in [7, 11) is 0. The molecule has 1 aliphatic rings. The normalized spacial score (nSPS) is 19.4. The van der Waals surface area contributed by atoms with Crippen molar-refractivity contribution >= 4 is 11.6 Å². The molecule has 3 rings (SSSR count). The van der Waals surface area contributed by atoms with E-state index in [2.05, 4.69) is 48.3 Å². The van der Waals surface area contributed by atoms with Crippen LogP contribution in [-0.4, -0.2) is 23.9 Å². The van der Waals surface area contributed by atoms with Crippen LogP contribution in [0.4, 0.5) is 5.69 Å². The predicted molar refractivity (Wildman–Crippen MR) is 104 cm³/mol. The second kappa shape index (κ2) is 7.83. The lowest BCUT2D eigenvalue weighted by Gasteiger charge is -2.36. The zero-order chi connectivity index (χ0) is 17.8. The van der Waals surface area contributed by atoms with E-state index in [1.54, 1.807) is 0 Å². The van der Waals surface area contributed by atoms with Crippen molar-refractivity contribution in [3.63, 3.8) is 0 Å². The molecule has 25 heavy (non-hydrogen) atoms. The molecule has 1 amide bonds. The quantitative estimate of drug-likeness (QED) is 0.876. The molecule has 0 spiro atoms. The van der Waals surface area contributed by atoms with Crippen LogP contribution in [0.15, 0.2) is 48.5 Å². The minimum absolute atomic E-state index is 0.0639. The fraction of sp³-hybridized carbons (Fsp3) is 0.409. The molecule has 1 saturated heterocycles. The van der Waals surface area contributed by atoms with Gasteiger partial charge >= 0.3 is 0 Å². The molecular weight excluding hydrogens is 308 g/mol. The Balaban J connectivity index is 1.88. The summed E-state index contributed by atoms with van der Waals surface area (Å²) in [6, 6.07) is 16.1. The van der Waals surface area contributed by atoms with E-state index in [9.17, 15) is 4.79 Å². The molecule has 0 aliphatic carbocycles. The lowest BCUT2D eigenvalue weighted by atomic mass is 9.95. The molecule has 0 bridgehead atoms. The Bertz CT molecular complexity index is 726. The van der Waals surface area contributed by atoms with Crippen molar-refractivity contribution in [3.05, 3.63) is 65.2 Å². The molecule has 1 heterocycles. The van der Waals surface area contributed by atoms with Crippen LogP contribution in [0, 0.1) is 19.8 Å². The zero-order valence-electron chi connectivity index (χ0n) is 15.5. The minimum atomic E-state index is -0.233. The molecule has 2 aromatic carbocycles. The van der Waals surface area contributed by atoms with Crippen molar-refractivity contribution in [1.29, 1.82) is 0 Å². The molecule has 1 N–H and O–H groups in total. The number of hydrogen-bond donors (Lipinski definition) is 1. The first-order chi connectivity index (χ1) is 12.0. The highest BCUT2D eigenvalue weighted by Crippen LogP contribution is 2.28. The summed E-state index contributed by atoms with van der Waals surface area (Å²) in [5.41, 5.74) is 4.23. The highest BCUT2D eigenvalue weighted by Gasteiger charge is 2.30. The summed E-state index contributed by atoms with van der Waals surface area (Å²) >= 11 is 0. The van der Waals surface area contributed by atoms with Crippen LogP contribution in [0.25, 0.3) is 0 Å². The first-order valence-corrected chi connectivity index (χ1v) is 9.21. The third kappa shape index (κ3) is 4.29. The molecule has 0 unspecified atom stereocenters. The molecule has 3 nitrogen and oxygen atoms in total. The zero-order valence-corrected chi connectivity index (χ0v) is 15.5. The molecule has 3 heteroatoms. The summed E-state index contributed by atoms with van der Waals surface area (Å²) in [5, 5.41) is 3.18. The Kier molecular flexibility index (Phi) is 5.54. The van der Waals surface area contributed by atoms with E-state index in [4.69, 9.17) is 0 Å². The van der Waals surface area contributed by atoms with Gasteiger partial charge in [-0.1, -0.05) is 49.4 Å². The van der Waals surface area contributed by atoms with Gasteiger partial charge in [0.2, 0.25) is 5.91 Å². The Morgan fingerprint density at radius 2 is 1.92 bits per heavy atom. The number of carbonyl (C=O) groups excluding carboxylic acids is 1. The molecule has 132 valence electrons. The second-order valence-electron chi connectivity index (χ2n) is 7.36. The van der Waals surface area contributed by atoms with Crippen molar-refractivity contribution in [2.24, 2.45) is 5.92 Å². The largest absolute Gasteiger partial charge is 0.324 e. The maximum atomic E-state index is 13.2. The third-order valence-corrected chi connectivity index (χ3v) is 5.07. The molecule has 0 radical (unpaired) electrons. The van der Waals surface area contributed by atoms with Crippen LogP contribution in [0.2, 0.25) is 0 Å². The van der Waals surface area contributed by atoms with Gasteiger partial charge in [0.15, 0.2) is 0 Å². The van der Waals surface area contributed by atoms with Gasteiger partial charge < -0.3 is 5.32 Å². The van der Waals surface area contributed by atoms with E-state index in [1.807, 2.05) is 31.2 Å².